The molecule has 0 N–H and O–H groups in total. The van der Waals surface area contributed by atoms with Gasteiger partial charge >= 0.3 is 0 Å². The van der Waals surface area contributed by atoms with E-state index in [2.05, 4.69) is 62.3 Å². The predicted molar refractivity (Wildman–Crippen MR) is 91.2 cm³/mol. The van der Waals surface area contributed by atoms with Crippen molar-refractivity contribution in [3.8, 4) is 0 Å². The van der Waals surface area contributed by atoms with Gasteiger partial charge in [0, 0.05) is 12.7 Å². The van der Waals surface area contributed by atoms with Gasteiger partial charge in [-0.2, -0.15) is 0 Å². The molecular formula is C14H31N3Si2. The second kappa shape index (κ2) is 6.26. The van der Waals surface area contributed by atoms with E-state index in [-0.39, 0.29) is 0 Å². The van der Waals surface area contributed by atoms with E-state index in [0.29, 0.717) is 0 Å². The molecule has 3 nitrogen and oxygen atoms in total. The summed E-state index contributed by atoms with van der Waals surface area (Å²) in [5.74, 6) is 1.21. The van der Waals surface area contributed by atoms with Gasteiger partial charge in [0.25, 0.3) is 0 Å². The summed E-state index contributed by atoms with van der Waals surface area (Å²) in [6, 6.07) is 3.94. The van der Waals surface area contributed by atoms with E-state index >= 15 is 0 Å². The zero-order valence-corrected chi connectivity index (χ0v) is 15.8. The van der Waals surface area contributed by atoms with Gasteiger partial charge in [-0.25, -0.2) is 4.98 Å². The first-order chi connectivity index (χ1) is 8.84. The van der Waals surface area contributed by atoms with Gasteiger partial charge in [0.15, 0.2) is 16.5 Å². The Kier molecular flexibility index (Phi) is 5.44. The highest BCUT2D eigenvalue weighted by Gasteiger charge is 2.35. The van der Waals surface area contributed by atoms with Crippen molar-refractivity contribution in [3.05, 3.63) is 12.5 Å². The van der Waals surface area contributed by atoms with Crippen molar-refractivity contribution in [2.45, 2.75) is 65.5 Å². The van der Waals surface area contributed by atoms with Crippen molar-refractivity contribution in [2.24, 2.45) is 0 Å². The van der Waals surface area contributed by atoms with Crippen molar-refractivity contribution in [1.29, 1.82) is 0 Å². The van der Waals surface area contributed by atoms with E-state index in [1.165, 1.54) is 24.0 Å². The number of rotatable bonds is 7. The van der Waals surface area contributed by atoms with Gasteiger partial charge in [0.05, 0.1) is 6.33 Å². The van der Waals surface area contributed by atoms with Gasteiger partial charge in [0.2, 0.25) is 0 Å². The molecule has 0 atom stereocenters. The van der Waals surface area contributed by atoms with Crippen LogP contribution in [0.2, 0.25) is 37.8 Å². The summed E-state index contributed by atoms with van der Waals surface area (Å²) >= 11 is 0. The van der Waals surface area contributed by atoms with Crippen LogP contribution in [0.4, 0.5) is 5.82 Å². The highest BCUT2D eigenvalue weighted by molar-refractivity contribution is 6.83. The largest absolute Gasteiger partial charge is 0.382 e. The predicted octanol–water partition coefficient (Wildman–Crippen LogP) is 4.40. The monoisotopic (exact) mass is 297 g/mol. The van der Waals surface area contributed by atoms with Crippen LogP contribution in [-0.2, 0) is 0 Å². The zero-order chi connectivity index (χ0) is 14.7. The molecule has 0 saturated carbocycles. The van der Waals surface area contributed by atoms with E-state index in [9.17, 15) is 0 Å². The third kappa shape index (κ3) is 3.31. The Hall–Kier alpha value is -0.556. The molecule has 5 heteroatoms. The Balaban J connectivity index is 3.13. The molecule has 1 aromatic rings. The Bertz CT molecular complexity index is 383. The first-order valence-corrected chi connectivity index (χ1v) is 13.7. The van der Waals surface area contributed by atoms with E-state index in [1.54, 1.807) is 0 Å². The van der Waals surface area contributed by atoms with Gasteiger partial charge in [-0.05, 0) is 25.1 Å². The Labute approximate surface area is 121 Å². The van der Waals surface area contributed by atoms with Crippen molar-refractivity contribution < 1.29 is 0 Å². The Morgan fingerprint density at radius 3 is 1.89 bits per heavy atom. The Morgan fingerprint density at radius 1 is 1.05 bits per heavy atom. The zero-order valence-electron chi connectivity index (χ0n) is 13.8. The van der Waals surface area contributed by atoms with Crippen LogP contribution in [0, 0.1) is 0 Å². The minimum atomic E-state index is -1.36. The van der Waals surface area contributed by atoms with Crippen LogP contribution >= 0.6 is 0 Å². The minimum Gasteiger partial charge on any atom is -0.382 e. The molecule has 0 saturated heterocycles. The van der Waals surface area contributed by atoms with Crippen LogP contribution < -0.4 is 4.57 Å². The van der Waals surface area contributed by atoms with Crippen LogP contribution in [0.3, 0.4) is 0 Å². The third-order valence-electron chi connectivity index (χ3n) is 4.48. The molecule has 1 heterocycles. The quantitative estimate of drug-likeness (QED) is 0.696. The lowest BCUT2D eigenvalue weighted by molar-refractivity contribution is 0.967. The second-order valence-electron chi connectivity index (χ2n) is 6.34. The van der Waals surface area contributed by atoms with Crippen molar-refractivity contribution in [3.63, 3.8) is 0 Å². The molecule has 0 unspecified atom stereocenters. The van der Waals surface area contributed by atoms with Gasteiger partial charge < -0.3 is 8.80 Å². The highest BCUT2D eigenvalue weighted by Crippen LogP contribution is 2.29. The van der Waals surface area contributed by atoms with E-state index < -0.39 is 16.5 Å². The number of aromatic nitrogens is 2. The molecule has 0 aromatic carbocycles. The maximum absolute atomic E-state index is 4.72. The molecular weight excluding hydrogens is 266 g/mol. The summed E-state index contributed by atoms with van der Waals surface area (Å²) in [4.78, 5) is 4.72. The summed E-state index contributed by atoms with van der Waals surface area (Å²) in [5.41, 5.74) is 0. The first kappa shape index (κ1) is 16.5. The summed E-state index contributed by atoms with van der Waals surface area (Å²) in [7, 11) is -2.68. The summed E-state index contributed by atoms with van der Waals surface area (Å²) < 4.78 is 5.01. The van der Waals surface area contributed by atoms with Crippen molar-refractivity contribution in [1.82, 2.24) is 9.22 Å². The van der Waals surface area contributed by atoms with Crippen LogP contribution in [0.15, 0.2) is 12.5 Å². The summed E-state index contributed by atoms with van der Waals surface area (Å²) in [6.45, 7) is 17.5. The molecule has 0 radical (unpaired) electrons. The fraction of sp³-hybridized carbons (Fsp3) is 0.786. The van der Waals surface area contributed by atoms with E-state index in [0.717, 1.165) is 6.54 Å². The maximum Gasteiger partial charge on any atom is 0.157 e. The smallest absolute Gasteiger partial charge is 0.157 e. The number of nitrogens with zero attached hydrogens (tertiary/aromatic N) is 3. The standard InChI is InChI=1S/C14H31N3Si2/c1-8-17(19(9-2,10-3)11-4)14-12-16(13-15-14)18(5,6)7/h12-13H,8-11H2,1-7H3. The summed E-state index contributed by atoms with van der Waals surface area (Å²) in [5, 5.41) is 0. The van der Waals surface area contributed by atoms with Gasteiger partial charge in [-0.15, -0.1) is 0 Å². The molecule has 1 rings (SSSR count). The van der Waals surface area contributed by atoms with E-state index in [4.69, 9.17) is 4.98 Å². The molecule has 0 aliphatic rings. The number of hydrogen-bond donors (Lipinski definition) is 0. The van der Waals surface area contributed by atoms with Crippen LogP contribution in [0.1, 0.15) is 27.7 Å². The van der Waals surface area contributed by atoms with Crippen LogP contribution in [0.5, 0.6) is 0 Å². The third-order valence-corrected chi connectivity index (χ3v) is 11.9. The van der Waals surface area contributed by atoms with Crippen LogP contribution in [-0.4, -0.2) is 32.2 Å². The second-order valence-corrected chi connectivity index (χ2v) is 16.3. The van der Waals surface area contributed by atoms with Crippen molar-refractivity contribution >= 4 is 22.3 Å². The van der Waals surface area contributed by atoms with Crippen molar-refractivity contribution in [2.75, 3.05) is 11.1 Å². The molecule has 0 fully saturated rings. The average molecular weight is 298 g/mol. The van der Waals surface area contributed by atoms with Gasteiger partial charge in [-0.1, -0.05) is 40.4 Å². The average Bonchev–Trinajstić information content (AvgIpc) is 2.85. The lowest BCUT2D eigenvalue weighted by Gasteiger charge is -2.40. The molecule has 110 valence electrons. The summed E-state index contributed by atoms with van der Waals surface area (Å²) in [6.07, 6.45) is 4.34. The molecule has 19 heavy (non-hydrogen) atoms. The number of hydrogen-bond acceptors (Lipinski definition) is 2. The fourth-order valence-electron chi connectivity index (χ4n) is 2.88. The molecule has 1 aromatic heterocycles. The first-order valence-electron chi connectivity index (χ1n) is 7.66. The molecule has 0 bridgehead atoms. The number of imidazole rings is 1. The highest BCUT2D eigenvalue weighted by atomic mass is 28.3. The molecule has 0 amide bonds. The lowest BCUT2D eigenvalue weighted by atomic mass is 10.6. The van der Waals surface area contributed by atoms with E-state index in [1.807, 2.05) is 6.33 Å². The topological polar surface area (TPSA) is 21.1 Å². The minimum absolute atomic E-state index is 1.09. The Morgan fingerprint density at radius 2 is 1.58 bits per heavy atom. The van der Waals surface area contributed by atoms with Gasteiger partial charge in [0.1, 0.15) is 5.82 Å². The number of anilines is 1. The molecule has 0 spiro atoms. The van der Waals surface area contributed by atoms with Crippen LogP contribution in [0.25, 0.3) is 0 Å². The fourth-order valence-corrected chi connectivity index (χ4v) is 7.71. The molecule has 0 aliphatic carbocycles. The maximum atomic E-state index is 4.72. The lowest BCUT2D eigenvalue weighted by Crippen LogP contribution is -2.52. The normalized spacial score (nSPS) is 12.8. The SMILES string of the molecule is CCN(c1cn([Si](C)(C)C)cn1)[Si](CC)(CC)CC. The van der Waals surface area contributed by atoms with Gasteiger partial charge in [-0.3, -0.25) is 0 Å². The molecule has 0 aliphatic heterocycles.